The molecule has 1 unspecified atom stereocenters. The van der Waals surface area contributed by atoms with Crippen LogP contribution < -0.4 is 5.32 Å². The van der Waals surface area contributed by atoms with Gasteiger partial charge in [-0.1, -0.05) is 15.9 Å². The number of halogens is 1. The molecule has 1 aromatic carbocycles. The quantitative estimate of drug-likeness (QED) is 0.909. The van der Waals surface area contributed by atoms with Crippen LogP contribution in [0.4, 0.5) is 5.69 Å². The molecule has 1 N–H and O–H groups in total. The van der Waals surface area contributed by atoms with E-state index < -0.39 is 0 Å². The van der Waals surface area contributed by atoms with Gasteiger partial charge in [0.25, 0.3) is 0 Å². The van der Waals surface area contributed by atoms with E-state index in [-0.39, 0.29) is 0 Å². The van der Waals surface area contributed by atoms with Crippen molar-refractivity contribution in [2.24, 2.45) is 0 Å². The van der Waals surface area contributed by atoms with Gasteiger partial charge in [-0.05, 0) is 56.4 Å². The molecule has 1 fully saturated rings. The smallest absolute Gasteiger partial charge is 0.0747 e. The number of anilines is 1. The van der Waals surface area contributed by atoms with Gasteiger partial charge < -0.3 is 10.1 Å². The lowest BCUT2D eigenvalue weighted by Crippen LogP contribution is -2.27. The van der Waals surface area contributed by atoms with Crippen LogP contribution >= 0.6 is 15.9 Å². The van der Waals surface area contributed by atoms with Gasteiger partial charge >= 0.3 is 0 Å². The number of ether oxygens (including phenoxy) is 1. The fourth-order valence-corrected chi connectivity index (χ4v) is 3.06. The summed E-state index contributed by atoms with van der Waals surface area (Å²) >= 11 is 3.52. The van der Waals surface area contributed by atoms with Crippen molar-refractivity contribution < 1.29 is 4.74 Å². The molecule has 1 heterocycles. The molecule has 0 saturated carbocycles. The molecule has 0 radical (unpaired) electrons. The zero-order valence-electron chi connectivity index (χ0n) is 10.6. The Hall–Kier alpha value is -0.540. The number of nitrogens with one attached hydrogen (secondary N) is 1. The lowest BCUT2D eigenvalue weighted by Gasteiger charge is -2.24. The summed E-state index contributed by atoms with van der Waals surface area (Å²) < 4.78 is 6.88. The average molecular weight is 298 g/mol. The lowest BCUT2D eigenvalue weighted by atomic mass is 10.1. The fourth-order valence-electron chi connectivity index (χ4n) is 2.37. The maximum atomic E-state index is 5.73. The van der Waals surface area contributed by atoms with Crippen molar-refractivity contribution in [3.63, 3.8) is 0 Å². The average Bonchev–Trinajstić information content (AvgIpc) is 2.29. The molecular weight excluding hydrogens is 278 g/mol. The number of benzene rings is 1. The first-order chi connectivity index (χ1) is 8.16. The van der Waals surface area contributed by atoms with Crippen molar-refractivity contribution >= 4 is 21.6 Å². The standard InChI is InChI=1S/C14H20BrNO/c1-10-7-12(15)8-11(2)14(10)16-9-13-5-3-4-6-17-13/h7-8,13,16H,3-6,9H2,1-2H3. The largest absolute Gasteiger partial charge is 0.382 e. The van der Waals surface area contributed by atoms with Gasteiger partial charge in [0.15, 0.2) is 0 Å². The normalized spacial score (nSPS) is 20.3. The van der Waals surface area contributed by atoms with Crippen LogP contribution in [0.3, 0.4) is 0 Å². The zero-order chi connectivity index (χ0) is 12.3. The Morgan fingerprint density at radius 3 is 2.59 bits per heavy atom. The van der Waals surface area contributed by atoms with Gasteiger partial charge in [-0.2, -0.15) is 0 Å². The van der Waals surface area contributed by atoms with E-state index in [1.807, 2.05) is 0 Å². The first-order valence-corrected chi connectivity index (χ1v) is 7.08. The molecule has 94 valence electrons. The van der Waals surface area contributed by atoms with Gasteiger partial charge in [-0.3, -0.25) is 0 Å². The minimum Gasteiger partial charge on any atom is -0.382 e. The molecule has 1 aromatic rings. The summed E-state index contributed by atoms with van der Waals surface area (Å²) in [5, 5.41) is 3.53. The van der Waals surface area contributed by atoms with Gasteiger partial charge in [0.2, 0.25) is 0 Å². The number of hydrogen-bond acceptors (Lipinski definition) is 2. The molecule has 2 rings (SSSR count). The van der Waals surface area contributed by atoms with Crippen molar-refractivity contribution in [2.45, 2.75) is 39.2 Å². The second-order valence-electron chi connectivity index (χ2n) is 4.78. The first kappa shape index (κ1) is 12.9. The van der Waals surface area contributed by atoms with Crippen LogP contribution in [-0.4, -0.2) is 19.3 Å². The highest BCUT2D eigenvalue weighted by Crippen LogP contribution is 2.25. The molecule has 1 aliphatic heterocycles. The Morgan fingerprint density at radius 1 is 1.29 bits per heavy atom. The third kappa shape index (κ3) is 3.46. The third-order valence-corrected chi connectivity index (χ3v) is 3.74. The fraction of sp³-hybridized carbons (Fsp3) is 0.571. The van der Waals surface area contributed by atoms with Crippen LogP contribution in [-0.2, 0) is 4.74 Å². The van der Waals surface area contributed by atoms with Gasteiger partial charge in [0.1, 0.15) is 0 Å². The predicted molar refractivity (Wildman–Crippen MR) is 75.7 cm³/mol. The monoisotopic (exact) mass is 297 g/mol. The van der Waals surface area contributed by atoms with Crippen LogP contribution in [0, 0.1) is 13.8 Å². The van der Waals surface area contributed by atoms with E-state index in [4.69, 9.17) is 4.74 Å². The van der Waals surface area contributed by atoms with Crippen LogP contribution in [0.15, 0.2) is 16.6 Å². The first-order valence-electron chi connectivity index (χ1n) is 6.29. The van der Waals surface area contributed by atoms with E-state index in [1.54, 1.807) is 0 Å². The summed E-state index contributed by atoms with van der Waals surface area (Å²) in [6.45, 7) is 6.12. The highest BCUT2D eigenvalue weighted by atomic mass is 79.9. The highest BCUT2D eigenvalue weighted by Gasteiger charge is 2.14. The second-order valence-corrected chi connectivity index (χ2v) is 5.70. The van der Waals surface area contributed by atoms with Crippen LogP contribution in [0.25, 0.3) is 0 Å². The molecule has 0 aromatic heterocycles. The molecule has 0 spiro atoms. The molecule has 17 heavy (non-hydrogen) atoms. The summed E-state index contributed by atoms with van der Waals surface area (Å²) in [5.41, 5.74) is 3.82. The second kappa shape index (κ2) is 5.87. The molecule has 1 atom stereocenters. The van der Waals surface area contributed by atoms with Gasteiger partial charge in [0.05, 0.1) is 6.10 Å². The Bertz CT molecular complexity index is 363. The Morgan fingerprint density at radius 2 is 2.00 bits per heavy atom. The maximum Gasteiger partial charge on any atom is 0.0747 e. The van der Waals surface area contributed by atoms with Crippen molar-refractivity contribution in [1.82, 2.24) is 0 Å². The summed E-state index contributed by atoms with van der Waals surface area (Å²) in [7, 11) is 0. The zero-order valence-corrected chi connectivity index (χ0v) is 12.1. The van der Waals surface area contributed by atoms with Crippen LogP contribution in [0.1, 0.15) is 30.4 Å². The molecule has 0 amide bonds. The summed E-state index contributed by atoms with van der Waals surface area (Å²) in [4.78, 5) is 0. The number of aryl methyl sites for hydroxylation is 2. The van der Waals surface area contributed by atoms with Crippen molar-refractivity contribution in [2.75, 3.05) is 18.5 Å². The molecular formula is C14H20BrNO. The topological polar surface area (TPSA) is 21.3 Å². The van der Waals surface area contributed by atoms with Crippen molar-refractivity contribution in [1.29, 1.82) is 0 Å². The van der Waals surface area contributed by atoms with Crippen molar-refractivity contribution in [3.05, 3.63) is 27.7 Å². The lowest BCUT2D eigenvalue weighted by molar-refractivity contribution is 0.0247. The molecule has 1 saturated heterocycles. The van der Waals surface area contributed by atoms with E-state index in [0.717, 1.165) is 17.6 Å². The minimum absolute atomic E-state index is 0.381. The number of rotatable bonds is 3. The molecule has 3 heteroatoms. The Kier molecular flexibility index (Phi) is 4.46. The van der Waals surface area contributed by atoms with Crippen LogP contribution in [0.5, 0.6) is 0 Å². The van der Waals surface area contributed by atoms with Crippen molar-refractivity contribution in [3.8, 4) is 0 Å². The number of hydrogen-bond donors (Lipinski definition) is 1. The van der Waals surface area contributed by atoms with Gasteiger partial charge in [-0.25, -0.2) is 0 Å². The molecule has 0 aliphatic carbocycles. The Balaban J connectivity index is 1.98. The molecule has 1 aliphatic rings. The SMILES string of the molecule is Cc1cc(Br)cc(C)c1NCC1CCCCO1. The van der Waals surface area contributed by atoms with E-state index in [0.29, 0.717) is 6.10 Å². The van der Waals surface area contributed by atoms with Crippen LogP contribution in [0.2, 0.25) is 0 Å². The summed E-state index contributed by atoms with van der Waals surface area (Å²) in [6, 6.07) is 4.30. The Labute approximate surface area is 112 Å². The summed E-state index contributed by atoms with van der Waals surface area (Å²) in [5.74, 6) is 0. The van der Waals surface area contributed by atoms with E-state index in [9.17, 15) is 0 Å². The van der Waals surface area contributed by atoms with Gasteiger partial charge in [0, 0.05) is 23.3 Å². The summed E-state index contributed by atoms with van der Waals surface area (Å²) in [6.07, 6.45) is 4.07. The third-order valence-electron chi connectivity index (χ3n) is 3.28. The van der Waals surface area contributed by atoms with E-state index in [1.165, 1.54) is 36.1 Å². The maximum absolute atomic E-state index is 5.73. The van der Waals surface area contributed by atoms with Gasteiger partial charge in [-0.15, -0.1) is 0 Å². The van der Waals surface area contributed by atoms with E-state index >= 15 is 0 Å². The van der Waals surface area contributed by atoms with E-state index in [2.05, 4.69) is 47.2 Å². The minimum atomic E-state index is 0.381. The molecule has 0 bridgehead atoms. The highest BCUT2D eigenvalue weighted by molar-refractivity contribution is 9.10. The predicted octanol–water partition coefficient (Wildman–Crippen LogP) is 4.05. The molecule has 2 nitrogen and oxygen atoms in total.